The van der Waals surface area contributed by atoms with E-state index in [-0.39, 0.29) is 5.82 Å². The van der Waals surface area contributed by atoms with Crippen LogP contribution in [0.4, 0.5) is 10.2 Å². The number of aromatic nitrogens is 2. The third-order valence-electron chi connectivity index (χ3n) is 3.27. The second-order valence-corrected chi connectivity index (χ2v) is 4.88. The maximum absolute atomic E-state index is 12.8. The Morgan fingerprint density at radius 3 is 2.57 bits per heavy atom. The molecule has 4 nitrogen and oxygen atoms in total. The molecular weight excluding hydrogens is 293 g/mol. The lowest BCUT2D eigenvalue weighted by atomic mass is 10.1. The SMILES string of the molecule is Fc1ccc(OCCNc2ncncc2-c2ccccc2)cc1. The first kappa shape index (κ1) is 15.0. The van der Waals surface area contributed by atoms with Gasteiger partial charge in [0.1, 0.15) is 30.3 Å². The van der Waals surface area contributed by atoms with Crippen LogP contribution in [0.5, 0.6) is 5.75 Å². The van der Waals surface area contributed by atoms with Crippen molar-refractivity contribution in [3.8, 4) is 16.9 Å². The molecule has 2 aromatic carbocycles. The molecule has 0 fully saturated rings. The predicted molar refractivity (Wildman–Crippen MR) is 87.9 cm³/mol. The summed E-state index contributed by atoms with van der Waals surface area (Å²) < 4.78 is 18.4. The minimum Gasteiger partial charge on any atom is -0.492 e. The normalized spacial score (nSPS) is 10.3. The zero-order valence-corrected chi connectivity index (χ0v) is 12.4. The molecule has 0 aliphatic rings. The standard InChI is InChI=1S/C18H16FN3O/c19-15-6-8-16(9-7-15)23-11-10-21-18-17(12-20-13-22-18)14-4-2-1-3-5-14/h1-9,12-13H,10-11H2,(H,20,21,22). The van der Waals surface area contributed by atoms with Crippen LogP contribution in [0, 0.1) is 5.82 Å². The molecule has 0 atom stereocenters. The quantitative estimate of drug-likeness (QED) is 0.704. The van der Waals surface area contributed by atoms with Gasteiger partial charge in [-0.2, -0.15) is 0 Å². The van der Waals surface area contributed by atoms with Gasteiger partial charge in [0.2, 0.25) is 0 Å². The molecule has 3 rings (SSSR count). The van der Waals surface area contributed by atoms with Crippen LogP contribution in [-0.2, 0) is 0 Å². The van der Waals surface area contributed by atoms with Gasteiger partial charge in [-0.15, -0.1) is 0 Å². The fourth-order valence-corrected chi connectivity index (χ4v) is 2.17. The summed E-state index contributed by atoms with van der Waals surface area (Å²) in [5.74, 6) is 1.12. The van der Waals surface area contributed by atoms with E-state index < -0.39 is 0 Å². The van der Waals surface area contributed by atoms with Crippen molar-refractivity contribution >= 4 is 5.82 Å². The average molecular weight is 309 g/mol. The topological polar surface area (TPSA) is 47.0 Å². The van der Waals surface area contributed by atoms with E-state index in [0.717, 1.165) is 16.9 Å². The van der Waals surface area contributed by atoms with Gasteiger partial charge >= 0.3 is 0 Å². The van der Waals surface area contributed by atoms with E-state index in [9.17, 15) is 4.39 Å². The van der Waals surface area contributed by atoms with Crippen LogP contribution in [0.15, 0.2) is 67.1 Å². The second kappa shape index (κ2) is 7.35. The first-order valence-electron chi connectivity index (χ1n) is 7.30. The number of hydrogen-bond donors (Lipinski definition) is 1. The Labute approximate surface area is 134 Å². The number of halogens is 1. The molecule has 0 saturated heterocycles. The van der Waals surface area contributed by atoms with Crippen molar-refractivity contribution in [2.75, 3.05) is 18.5 Å². The van der Waals surface area contributed by atoms with Crippen LogP contribution in [-0.4, -0.2) is 23.1 Å². The molecule has 0 aliphatic heterocycles. The van der Waals surface area contributed by atoms with Crippen LogP contribution >= 0.6 is 0 Å². The summed E-state index contributed by atoms with van der Waals surface area (Å²) in [7, 11) is 0. The molecule has 1 aromatic heterocycles. The highest BCUT2D eigenvalue weighted by Crippen LogP contribution is 2.24. The molecule has 0 unspecified atom stereocenters. The van der Waals surface area contributed by atoms with E-state index in [2.05, 4.69) is 15.3 Å². The zero-order chi connectivity index (χ0) is 15.9. The monoisotopic (exact) mass is 309 g/mol. The first-order valence-corrected chi connectivity index (χ1v) is 7.30. The Hall–Kier alpha value is -2.95. The summed E-state index contributed by atoms with van der Waals surface area (Å²) in [4.78, 5) is 8.37. The second-order valence-electron chi connectivity index (χ2n) is 4.88. The maximum atomic E-state index is 12.8. The molecule has 0 radical (unpaired) electrons. The van der Waals surface area contributed by atoms with Crippen LogP contribution in [0.3, 0.4) is 0 Å². The Bertz CT molecular complexity index is 748. The van der Waals surface area contributed by atoms with Gasteiger partial charge in [0.15, 0.2) is 0 Å². The van der Waals surface area contributed by atoms with E-state index >= 15 is 0 Å². The summed E-state index contributed by atoms with van der Waals surface area (Å²) in [5.41, 5.74) is 1.99. The number of nitrogens with one attached hydrogen (secondary N) is 1. The molecule has 0 amide bonds. The summed E-state index contributed by atoms with van der Waals surface area (Å²) in [6.07, 6.45) is 3.29. The Morgan fingerprint density at radius 1 is 1.00 bits per heavy atom. The van der Waals surface area contributed by atoms with Crippen molar-refractivity contribution in [2.45, 2.75) is 0 Å². The molecule has 0 spiro atoms. The van der Waals surface area contributed by atoms with Gasteiger partial charge in [-0.25, -0.2) is 14.4 Å². The Morgan fingerprint density at radius 2 is 1.78 bits per heavy atom. The molecule has 3 aromatic rings. The lowest BCUT2D eigenvalue weighted by molar-refractivity contribution is 0.332. The Kier molecular flexibility index (Phi) is 4.79. The lowest BCUT2D eigenvalue weighted by Gasteiger charge is -2.11. The van der Waals surface area contributed by atoms with Gasteiger partial charge < -0.3 is 10.1 Å². The number of ether oxygens (including phenoxy) is 1. The number of nitrogens with zero attached hydrogens (tertiary/aromatic N) is 2. The van der Waals surface area contributed by atoms with Gasteiger partial charge in [-0.05, 0) is 29.8 Å². The summed E-state index contributed by atoms with van der Waals surface area (Å²) in [6, 6.07) is 15.9. The Balaban J connectivity index is 1.59. The largest absolute Gasteiger partial charge is 0.492 e. The van der Waals surface area contributed by atoms with Crippen molar-refractivity contribution in [2.24, 2.45) is 0 Å². The predicted octanol–water partition coefficient (Wildman–Crippen LogP) is 3.77. The highest BCUT2D eigenvalue weighted by molar-refractivity contribution is 5.74. The third kappa shape index (κ3) is 4.03. The van der Waals surface area contributed by atoms with Gasteiger partial charge in [-0.1, -0.05) is 30.3 Å². The van der Waals surface area contributed by atoms with Crippen molar-refractivity contribution in [3.05, 3.63) is 72.9 Å². The molecular formula is C18H16FN3O. The number of hydrogen-bond acceptors (Lipinski definition) is 4. The van der Waals surface area contributed by atoms with Crippen LogP contribution < -0.4 is 10.1 Å². The minimum atomic E-state index is -0.274. The van der Waals surface area contributed by atoms with E-state index in [0.29, 0.717) is 18.9 Å². The van der Waals surface area contributed by atoms with Crippen LogP contribution in [0.25, 0.3) is 11.1 Å². The van der Waals surface area contributed by atoms with Crippen molar-refractivity contribution < 1.29 is 9.13 Å². The number of benzene rings is 2. The summed E-state index contributed by atoms with van der Waals surface area (Å²) in [5, 5.41) is 3.24. The van der Waals surface area contributed by atoms with Crippen molar-refractivity contribution in [1.29, 1.82) is 0 Å². The molecule has 0 bridgehead atoms. The van der Waals surface area contributed by atoms with Gasteiger partial charge in [0.05, 0.1) is 6.54 Å². The maximum Gasteiger partial charge on any atom is 0.137 e. The molecule has 0 aliphatic carbocycles. The smallest absolute Gasteiger partial charge is 0.137 e. The van der Waals surface area contributed by atoms with Crippen LogP contribution in [0.2, 0.25) is 0 Å². The minimum absolute atomic E-state index is 0.274. The first-order chi connectivity index (χ1) is 11.3. The van der Waals surface area contributed by atoms with Crippen molar-refractivity contribution in [3.63, 3.8) is 0 Å². The molecule has 116 valence electrons. The van der Waals surface area contributed by atoms with E-state index in [4.69, 9.17) is 4.74 Å². The summed E-state index contributed by atoms with van der Waals surface area (Å²) in [6.45, 7) is 1.03. The van der Waals surface area contributed by atoms with E-state index in [1.165, 1.54) is 18.5 Å². The van der Waals surface area contributed by atoms with Crippen LogP contribution in [0.1, 0.15) is 0 Å². The molecule has 1 N–H and O–H groups in total. The number of anilines is 1. The highest BCUT2D eigenvalue weighted by Gasteiger charge is 2.05. The lowest BCUT2D eigenvalue weighted by Crippen LogP contribution is -2.13. The van der Waals surface area contributed by atoms with Gasteiger partial charge in [-0.3, -0.25) is 0 Å². The summed E-state index contributed by atoms with van der Waals surface area (Å²) >= 11 is 0. The zero-order valence-electron chi connectivity index (χ0n) is 12.4. The van der Waals surface area contributed by atoms with Crippen molar-refractivity contribution in [1.82, 2.24) is 9.97 Å². The molecule has 5 heteroatoms. The molecule has 1 heterocycles. The van der Waals surface area contributed by atoms with Gasteiger partial charge in [0.25, 0.3) is 0 Å². The van der Waals surface area contributed by atoms with E-state index in [1.807, 2.05) is 30.3 Å². The highest BCUT2D eigenvalue weighted by atomic mass is 19.1. The molecule has 0 saturated carbocycles. The average Bonchev–Trinajstić information content (AvgIpc) is 2.61. The molecule has 23 heavy (non-hydrogen) atoms. The fourth-order valence-electron chi connectivity index (χ4n) is 2.17. The number of rotatable bonds is 6. The third-order valence-corrected chi connectivity index (χ3v) is 3.27. The van der Waals surface area contributed by atoms with E-state index in [1.54, 1.807) is 18.3 Å². The van der Waals surface area contributed by atoms with Gasteiger partial charge in [0, 0.05) is 11.8 Å². The fraction of sp³-hybridized carbons (Fsp3) is 0.111.